The second kappa shape index (κ2) is 8.51. The molecule has 2 N–H and O–H groups in total. The monoisotopic (exact) mass is 424 g/mol. The number of carbonyl (C=O) groups excluding carboxylic acids is 1. The summed E-state index contributed by atoms with van der Waals surface area (Å²) in [5.41, 5.74) is 2.26. The maximum atomic E-state index is 12.7. The first-order valence-electron chi connectivity index (χ1n) is 8.86. The van der Waals surface area contributed by atoms with Crippen molar-refractivity contribution in [3.05, 3.63) is 64.2 Å². The maximum Gasteiger partial charge on any atom is 0.359 e. The predicted octanol–water partition coefficient (Wildman–Crippen LogP) is 4.20. The highest BCUT2D eigenvalue weighted by molar-refractivity contribution is 7.87. The summed E-state index contributed by atoms with van der Waals surface area (Å²) in [5.74, 6) is -0.209. The number of nitrogens with zero attached hydrogens (tertiary/aromatic N) is 1. The topological polar surface area (TPSA) is 86.7 Å². The molecule has 0 radical (unpaired) electrons. The molecule has 2 rings (SSSR count). The third kappa shape index (κ3) is 5.25. The quantitative estimate of drug-likeness (QED) is 0.680. The van der Waals surface area contributed by atoms with Gasteiger partial charge in [-0.15, -0.1) is 0 Å². The van der Waals surface area contributed by atoms with Gasteiger partial charge in [-0.2, -0.15) is 8.42 Å². The normalized spacial score (nSPS) is 11.9. The molecule has 8 heteroatoms. The van der Waals surface area contributed by atoms with Crippen LogP contribution in [0.2, 0.25) is 5.02 Å². The van der Waals surface area contributed by atoms with Crippen LogP contribution in [0, 0.1) is 0 Å². The Bertz CT molecular complexity index is 968. The fourth-order valence-electron chi connectivity index (χ4n) is 2.92. The Morgan fingerprint density at radius 1 is 1.18 bits per heavy atom. The van der Waals surface area contributed by atoms with E-state index >= 15 is 0 Å². The molecule has 0 heterocycles. The Balaban J connectivity index is 2.19. The molecule has 0 spiro atoms. The van der Waals surface area contributed by atoms with Gasteiger partial charge in [0.05, 0.1) is 5.69 Å². The van der Waals surface area contributed by atoms with Gasteiger partial charge in [-0.1, -0.05) is 56.6 Å². The molecule has 0 aromatic heterocycles. The molecule has 2 aromatic carbocycles. The van der Waals surface area contributed by atoms with Gasteiger partial charge in [0.2, 0.25) is 0 Å². The molecule has 0 aliphatic heterocycles. The number of anilines is 1. The summed E-state index contributed by atoms with van der Waals surface area (Å²) in [7, 11) is -4.37. The van der Waals surface area contributed by atoms with Crippen LogP contribution in [-0.4, -0.2) is 25.4 Å². The number of hydrogen-bond acceptors (Lipinski definition) is 3. The van der Waals surface area contributed by atoms with Crippen LogP contribution >= 0.6 is 11.6 Å². The van der Waals surface area contributed by atoms with Gasteiger partial charge in [0.1, 0.15) is 0 Å². The summed E-state index contributed by atoms with van der Waals surface area (Å²) in [6.07, 6.45) is 0. The highest BCUT2D eigenvalue weighted by atomic mass is 35.5. The second-order valence-electron chi connectivity index (χ2n) is 7.40. The molecule has 1 amide bonds. The van der Waals surface area contributed by atoms with Crippen molar-refractivity contribution >= 4 is 33.5 Å². The third-order valence-electron chi connectivity index (χ3n) is 4.31. The average Bonchev–Trinajstić information content (AvgIpc) is 2.59. The van der Waals surface area contributed by atoms with Gasteiger partial charge in [-0.25, -0.2) is 4.31 Å². The van der Waals surface area contributed by atoms with E-state index in [1.807, 2.05) is 39.0 Å². The lowest BCUT2D eigenvalue weighted by Gasteiger charge is -2.22. The Hall–Kier alpha value is -2.09. The lowest BCUT2D eigenvalue weighted by Crippen LogP contribution is -2.30. The van der Waals surface area contributed by atoms with Crippen LogP contribution in [0.5, 0.6) is 0 Å². The lowest BCUT2D eigenvalue weighted by molar-refractivity contribution is 0.0948. The molecule has 0 unspecified atom stereocenters. The zero-order chi connectivity index (χ0) is 21.1. The SMILES string of the molecule is CCN(c1ccc(CNC(=O)c2ccccc2C(C)(C)C)c(Cl)c1)S(=O)(=O)O. The zero-order valence-electron chi connectivity index (χ0n) is 16.4. The van der Waals surface area contributed by atoms with Crippen LogP contribution in [0.25, 0.3) is 0 Å². The van der Waals surface area contributed by atoms with Gasteiger partial charge in [0.15, 0.2) is 0 Å². The Morgan fingerprint density at radius 2 is 1.82 bits per heavy atom. The molecule has 0 aliphatic carbocycles. The number of nitrogens with one attached hydrogen (secondary N) is 1. The van der Waals surface area contributed by atoms with Crippen molar-refractivity contribution in [1.82, 2.24) is 5.32 Å². The van der Waals surface area contributed by atoms with E-state index in [1.54, 1.807) is 19.1 Å². The van der Waals surface area contributed by atoms with Gasteiger partial charge in [-0.05, 0) is 41.7 Å². The fraction of sp³-hybridized carbons (Fsp3) is 0.350. The molecular formula is C20H25ClN2O4S. The predicted molar refractivity (Wildman–Crippen MR) is 112 cm³/mol. The molecule has 28 heavy (non-hydrogen) atoms. The van der Waals surface area contributed by atoms with E-state index in [1.165, 1.54) is 12.1 Å². The van der Waals surface area contributed by atoms with Gasteiger partial charge < -0.3 is 5.32 Å². The van der Waals surface area contributed by atoms with Crippen LogP contribution in [0.4, 0.5) is 5.69 Å². The lowest BCUT2D eigenvalue weighted by atomic mass is 9.83. The first kappa shape index (κ1) is 22.2. The van der Waals surface area contributed by atoms with E-state index in [0.717, 1.165) is 9.87 Å². The summed E-state index contributed by atoms with van der Waals surface area (Å²) in [4.78, 5) is 12.7. The molecule has 0 aliphatic rings. The summed E-state index contributed by atoms with van der Waals surface area (Å²) < 4.78 is 33.0. The maximum absolute atomic E-state index is 12.7. The molecule has 0 saturated carbocycles. The number of carbonyl (C=O) groups is 1. The number of amides is 1. The van der Waals surface area contributed by atoms with Crippen molar-refractivity contribution in [2.45, 2.75) is 39.7 Å². The molecule has 0 fully saturated rings. The van der Waals surface area contributed by atoms with Gasteiger partial charge in [0, 0.05) is 23.7 Å². The molecule has 152 valence electrons. The number of hydrogen-bond donors (Lipinski definition) is 2. The van der Waals surface area contributed by atoms with Crippen LogP contribution in [-0.2, 0) is 22.3 Å². The fourth-order valence-corrected chi connectivity index (χ4v) is 3.87. The van der Waals surface area contributed by atoms with E-state index in [-0.39, 0.29) is 30.1 Å². The first-order chi connectivity index (χ1) is 12.9. The van der Waals surface area contributed by atoms with Crippen molar-refractivity contribution in [1.29, 1.82) is 0 Å². The average molecular weight is 425 g/mol. The molecule has 0 atom stereocenters. The van der Waals surface area contributed by atoms with E-state index < -0.39 is 10.3 Å². The second-order valence-corrected chi connectivity index (χ2v) is 9.14. The van der Waals surface area contributed by atoms with E-state index in [9.17, 15) is 17.8 Å². The van der Waals surface area contributed by atoms with E-state index in [2.05, 4.69) is 5.32 Å². The molecular weight excluding hydrogens is 400 g/mol. The molecule has 2 aromatic rings. The Labute approximate surface area is 171 Å². The highest BCUT2D eigenvalue weighted by Gasteiger charge is 2.22. The smallest absolute Gasteiger partial charge is 0.348 e. The van der Waals surface area contributed by atoms with E-state index in [4.69, 9.17) is 11.6 Å². The Morgan fingerprint density at radius 3 is 2.36 bits per heavy atom. The highest BCUT2D eigenvalue weighted by Crippen LogP contribution is 2.27. The summed E-state index contributed by atoms with van der Waals surface area (Å²) in [6.45, 7) is 7.99. The van der Waals surface area contributed by atoms with Crippen molar-refractivity contribution in [3.8, 4) is 0 Å². The van der Waals surface area contributed by atoms with Crippen molar-refractivity contribution in [3.63, 3.8) is 0 Å². The summed E-state index contributed by atoms with van der Waals surface area (Å²) in [5, 5.41) is 3.15. The van der Waals surface area contributed by atoms with Gasteiger partial charge in [-0.3, -0.25) is 9.35 Å². The molecule has 0 bridgehead atoms. The number of halogens is 1. The first-order valence-corrected chi connectivity index (χ1v) is 10.6. The van der Waals surface area contributed by atoms with Crippen LogP contribution in [0.3, 0.4) is 0 Å². The summed E-state index contributed by atoms with van der Waals surface area (Å²) in [6, 6.07) is 12.1. The largest absolute Gasteiger partial charge is 0.359 e. The Kier molecular flexibility index (Phi) is 6.75. The van der Waals surface area contributed by atoms with Gasteiger partial charge in [0.25, 0.3) is 5.91 Å². The van der Waals surface area contributed by atoms with Crippen molar-refractivity contribution in [2.24, 2.45) is 0 Å². The minimum absolute atomic E-state index is 0.0643. The van der Waals surface area contributed by atoms with Crippen LogP contribution < -0.4 is 9.62 Å². The number of benzene rings is 2. The zero-order valence-corrected chi connectivity index (χ0v) is 17.9. The third-order valence-corrected chi connectivity index (χ3v) is 5.69. The molecule has 0 saturated heterocycles. The van der Waals surface area contributed by atoms with Crippen LogP contribution in [0.15, 0.2) is 42.5 Å². The molecule has 6 nitrogen and oxygen atoms in total. The minimum Gasteiger partial charge on any atom is -0.348 e. The number of rotatable bonds is 6. The van der Waals surface area contributed by atoms with Crippen molar-refractivity contribution in [2.75, 3.05) is 10.8 Å². The minimum atomic E-state index is -4.37. The summed E-state index contributed by atoms with van der Waals surface area (Å²) >= 11 is 6.26. The standard InChI is InChI=1S/C20H25ClN2O4S/c1-5-23(28(25,26)27)15-11-10-14(18(21)12-15)13-22-19(24)16-8-6-7-9-17(16)20(2,3)4/h6-12H,5,13H2,1-4H3,(H,22,24)(H,25,26,27). The van der Waals surface area contributed by atoms with Crippen molar-refractivity contribution < 1.29 is 17.8 Å². The van der Waals surface area contributed by atoms with Gasteiger partial charge >= 0.3 is 10.3 Å². The van der Waals surface area contributed by atoms with E-state index in [0.29, 0.717) is 16.1 Å². The van der Waals surface area contributed by atoms with Crippen LogP contribution in [0.1, 0.15) is 49.2 Å².